The van der Waals surface area contributed by atoms with E-state index in [1.54, 1.807) is 4.90 Å². The molecule has 1 aliphatic heterocycles. The molecule has 2 fully saturated rings. The van der Waals surface area contributed by atoms with E-state index < -0.39 is 17.8 Å². The van der Waals surface area contributed by atoms with Crippen LogP contribution in [-0.4, -0.2) is 57.4 Å². The highest BCUT2D eigenvalue weighted by molar-refractivity contribution is 7.14. The Morgan fingerprint density at radius 1 is 0.925 bits per heavy atom. The van der Waals surface area contributed by atoms with Crippen LogP contribution in [0.1, 0.15) is 124 Å². The molecule has 1 saturated carbocycles. The number of amides is 2. The second-order valence-corrected chi connectivity index (χ2v) is 17.9. The summed E-state index contributed by atoms with van der Waals surface area (Å²) in [5.41, 5.74) is 4.28. The fourth-order valence-electron chi connectivity index (χ4n) is 8.38. The molecule has 3 heterocycles. The fraction of sp³-hybridized carbons (Fsp3) is 0.568. The number of rotatable bonds is 14. The second kappa shape index (κ2) is 17.5. The lowest BCUT2D eigenvalue weighted by Gasteiger charge is -2.39. The maximum Gasteiger partial charge on any atom is 0.310 e. The van der Waals surface area contributed by atoms with E-state index in [0.717, 1.165) is 45.7 Å². The minimum absolute atomic E-state index is 0.0534. The van der Waals surface area contributed by atoms with Gasteiger partial charge in [0.1, 0.15) is 0 Å². The minimum atomic E-state index is -0.887. The van der Waals surface area contributed by atoms with Crippen molar-refractivity contribution in [2.24, 2.45) is 29.6 Å². The molecule has 1 saturated heterocycles. The predicted octanol–water partition coefficient (Wildman–Crippen LogP) is 9.20. The maximum absolute atomic E-state index is 13.5. The Balaban J connectivity index is 1.04. The molecule has 8 nitrogen and oxygen atoms in total. The highest BCUT2D eigenvalue weighted by atomic mass is 32.1. The molecule has 2 N–H and O–H groups in total. The van der Waals surface area contributed by atoms with Crippen LogP contribution in [0, 0.1) is 29.6 Å². The summed E-state index contributed by atoms with van der Waals surface area (Å²) in [4.78, 5) is 50.8. The Labute approximate surface area is 319 Å². The number of benzene rings is 1. The van der Waals surface area contributed by atoms with Gasteiger partial charge in [-0.3, -0.25) is 14.4 Å². The van der Waals surface area contributed by atoms with Crippen LogP contribution in [0.5, 0.6) is 0 Å². The van der Waals surface area contributed by atoms with Gasteiger partial charge in [-0.05, 0) is 85.0 Å². The van der Waals surface area contributed by atoms with E-state index in [-0.39, 0.29) is 36.9 Å². The van der Waals surface area contributed by atoms with Crippen molar-refractivity contribution in [3.8, 4) is 11.4 Å². The summed E-state index contributed by atoms with van der Waals surface area (Å²) < 4.78 is 0. The van der Waals surface area contributed by atoms with Crippen LogP contribution in [-0.2, 0) is 21.4 Å². The number of thiophene rings is 1. The van der Waals surface area contributed by atoms with E-state index in [4.69, 9.17) is 9.97 Å². The highest BCUT2D eigenvalue weighted by Crippen LogP contribution is 2.42. The number of likely N-dealkylation sites (tertiary alicyclic amines) is 1. The number of allylic oxidation sites excluding steroid dienone is 2. The van der Waals surface area contributed by atoms with Gasteiger partial charge in [-0.2, -0.15) is 0 Å². The van der Waals surface area contributed by atoms with Gasteiger partial charge in [0.05, 0.1) is 16.7 Å². The molecule has 1 aromatic carbocycles. The summed E-state index contributed by atoms with van der Waals surface area (Å²) in [6.45, 7) is 9.19. The molecule has 3 aliphatic rings. The summed E-state index contributed by atoms with van der Waals surface area (Å²) in [5.74, 6) is 1.04. The lowest BCUT2D eigenvalue weighted by Crippen LogP contribution is -2.56. The van der Waals surface area contributed by atoms with E-state index in [1.165, 1.54) is 81.1 Å². The second-order valence-electron chi connectivity index (χ2n) is 16.8. The molecule has 284 valence electrons. The van der Waals surface area contributed by atoms with Crippen LogP contribution in [0.2, 0.25) is 0 Å². The van der Waals surface area contributed by atoms with Crippen molar-refractivity contribution in [1.29, 1.82) is 0 Å². The quantitative estimate of drug-likeness (QED) is 0.160. The van der Waals surface area contributed by atoms with Crippen molar-refractivity contribution in [2.75, 3.05) is 19.6 Å². The first kappa shape index (κ1) is 38.9. The average molecular weight is 739 g/mol. The van der Waals surface area contributed by atoms with Gasteiger partial charge in [0.25, 0.3) is 5.91 Å². The number of hydrogen-bond acceptors (Lipinski definition) is 6. The van der Waals surface area contributed by atoms with Crippen LogP contribution in [0.3, 0.4) is 0 Å². The monoisotopic (exact) mass is 738 g/mol. The molecule has 2 amide bonds. The van der Waals surface area contributed by atoms with Crippen LogP contribution in [0.15, 0.2) is 54.9 Å². The van der Waals surface area contributed by atoms with Gasteiger partial charge in [0.2, 0.25) is 5.91 Å². The number of unbranched alkanes of at least 4 members (excludes halogenated alkanes) is 2. The first-order valence-electron chi connectivity index (χ1n) is 20.0. The molecule has 6 rings (SSSR count). The Kier molecular flexibility index (Phi) is 12.9. The van der Waals surface area contributed by atoms with E-state index >= 15 is 0 Å². The average Bonchev–Trinajstić information content (AvgIpc) is 3.65. The zero-order valence-corrected chi connectivity index (χ0v) is 32.9. The van der Waals surface area contributed by atoms with Gasteiger partial charge < -0.3 is 15.3 Å². The third-order valence-electron chi connectivity index (χ3n) is 11.9. The standard InChI is InChI=1S/C44H58N4O4S/c1-5-6-7-8-29-9-13-31(14-10-29)32-17-19-33(20-18-32)36-25-45-40(46-26-36)34-15-11-30(12-16-34)23-35(42(50)48-27-37(28-48)43(51)52)24-47-41(49)38-21-22-39(53-38)44(2,3)4/h11-12,15-16,19,21-22,25-26,29,31-32,35,37H,5-10,13-14,17-18,20,23-24,27-28H2,1-4H3,(H,47,49)(H,51,52)/t29?,31?,32?,35-/m1/s1. The van der Waals surface area contributed by atoms with Crippen LogP contribution in [0.4, 0.5) is 0 Å². The van der Waals surface area contributed by atoms with E-state index in [0.29, 0.717) is 17.1 Å². The summed E-state index contributed by atoms with van der Waals surface area (Å²) in [5, 5.41) is 12.3. The minimum Gasteiger partial charge on any atom is -0.481 e. The fourth-order valence-corrected chi connectivity index (χ4v) is 9.36. The number of carboxylic acids is 1. The summed E-state index contributed by atoms with van der Waals surface area (Å²) >= 11 is 1.47. The van der Waals surface area contributed by atoms with Crippen LogP contribution in [0.25, 0.3) is 17.0 Å². The number of carbonyl (C=O) groups excluding carboxylic acids is 2. The van der Waals surface area contributed by atoms with Crippen molar-refractivity contribution in [1.82, 2.24) is 20.2 Å². The number of carbonyl (C=O) groups is 3. The van der Waals surface area contributed by atoms with Gasteiger partial charge in [0, 0.05) is 48.0 Å². The van der Waals surface area contributed by atoms with Crippen molar-refractivity contribution >= 4 is 34.7 Å². The molecule has 53 heavy (non-hydrogen) atoms. The lowest BCUT2D eigenvalue weighted by atomic mass is 9.70. The molecule has 0 radical (unpaired) electrons. The van der Waals surface area contributed by atoms with Crippen molar-refractivity contribution in [3.63, 3.8) is 0 Å². The first-order valence-corrected chi connectivity index (χ1v) is 20.8. The van der Waals surface area contributed by atoms with E-state index in [9.17, 15) is 19.5 Å². The van der Waals surface area contributed by atoms with Gasteiger partial charge in [-0.1, -0.05) is 96.6 Å². The third-order valence-corrected chi connectivity index (χ3v) is 13.4. The Bertz CT molecular complexity index is 1730. The predicted molar refractivity (Wildman–Crippen MR) is 213 cm³/mol. The van der Waals surface area contributed by atoms with Gasteiger partial charge in [-0.25, -0.2) is 9.97 Å². The summed E-state index contributed by atoms with van der Waals surface area (Å²) in [6, 6.07) is 11.8. The van der Waals surface area contributed by atoms with Crippen LogP contribution < -0.4 is 5.32 Å². The zero-order chi connectivity index (χ0) is 37.5. The number of nitrogens with one attached hydrogen (secondary N) is 1. The molecule has 1 unspecified atom stereocenters. The van der Waals surface area contributed by atoms with Crippen LogP contribution >= 0.6 is 11.3 Å². The van der Waals surface area contributed by atoms with Crippen molar-refractivity contribution in [3.05, 3.63) is 75.7 Å². The SMILES string of the molecule is CCCCCC1CCC(C2CC=C(c3cnc(-c4ccc(C[C@H](CNC(=O)c5ccc(C(C)(C)C)s5)C(=O)N5CC(C(=O)O)C5)cc4)nc3)CC2)CC1. The summed E-state index contributed by atoms with van der Waals surface area (Å²) in [7, 11) is 0. The molecule has 0 bridgehead atoms. The first-order chi connectivity index (χ1) is 25.5. The topological polar surface area (TPSA) is 112 Å². The molecule has 2 aromatic heterocycles. The zero-order valence-electron chi connectivity index (χ0n) is 32.1. The van der Waals surface area contributed by atoms with Crippen molar-refractivity contribution in [2.45, 2.75) is 110 Å². The van der Waals surface area contributed by atoms with Gasteiger partial charge >= 0.3 is 5.97 Å². The number of aromatic nitrogens is 2. The Hall–Kier alpha value is -3.85. The van der Waals surface area contributed by atoms with Gasteiger partial charge in [0.15, 0.2) is 5.82 Å². The highest BCUT2D eigenvalue weighted by Gasteiger charge is 2.38. The van der Waals surface area contributed by atoms with Gasteiger partial charge in [-0.15, -0.1) is 11.3 Å². The molecule has 0 spiro atoms. The molecular weight excluding hydrogens is 681 g/mol. The summed E-state index contributed by atoms with van der Waals surface area (Å²) in [6.07, 6.45) is 21.5. The molecular formula is C44H58N4O4S. The maximum atomic E-state index is 13.5. The number of hydrogen-bond donors (Lipinski definition) is 2. The molecule has 2 aliphatic carbocycles. The molecule has 9 heteroatoms. The number of aliphatic carboxylic acids is 1. The number of nitrogens with zero attached hydrogens (tertiary/aromatic N) is 3. The van der Waals surface area contributed by atoms with E-state index in [2.05, 4.69) is 39.1 Å². The Morgan fingerprint density at radius 2 is 1.64 bits per heavy atom. The van der Waals surface area contributed by atoms with E-state index in [1.807, 2.05) is 48.8 Å². The van der Waals surface area contributed by atoms with Crippen molar-refractivity contribution < 1.29 is 19.5 Å². The third kappa shape index (κ3) is 10.0. The largest absolute Gasteiger partial charge is 0.481 e. The number of carboxylic acid groups (broad SMARTS) is 1. The molecule has 2 atom stereocenters. The molecule has 3 aromatic rings. The lowest BCUT2D eigenvalue weighted by molar-refractivity contribution is -0.154. The Morgan fingerprint density at radius 3 is 2.25 bits per heavy atom. The normalized spacial score (nSPS) is 21.4. The smallest absolute Gasteiger partial charge is 0.310 e.